The molecule has 0 aromatic rings. The van der Waals surface area contributed by atoms with Gasteiger partial charge >= 0.3 is 12.4 Å². The topological polar surface area (TPSA) is 0 Å². The molecule has 1 aliphatic carbocycles. The van der Waals surface area contributed by atoms with Gasteiger partial charge in [0.15, 0.2) is 0 Å². The minimum atomic E-state index is -5.58. The highest BCUT2D eigenvalue weighted by Crippen LogP contribution is 2.77. The van der Waals surface area contributed by atoms with E-state index < -0.39 is 35.5 Å². The van der Waals surface area contributed by atoms with Crippen molar-refractivity contribution in [2.45, 2.75) is 32.1 Å². The van der Waals surface area contributed by atoms with Crippen LogP contribution in [0.15, 0.2) is 0 Å². The van der Waals surface area contributed by atoms with Gasteiger partial charge in [-0.1, -0.05) is 13.8 Å². The SMILES string of the molecule is CC(C(F)(F)F)C1(C(F)(F)F)C(C)C1(F)F. The van der Waals surface area contributed by atoms with Crippen LogP contribution in [-0.4, -0.2) is 18.3 Å². The van der Waals surface area contributed by atoms with Crippen molar-refractivity contribution in [1.82, 2.24) is 0 Å². The van der Waals surface area contributed by atoms with Crippen LogP contribution in [0.1, 0.15) is 13.8 Å². The molecule has 1 rings (SSSR count). The maximum atomic E-state index is 12.9. The third kappa shape index (κ3) is 1.34. The molecule has 0 bridgehead atoms. The van der Waals surface area contributed by atoms with E-state index in [-0.39, 0.29) is 6.92 Å². The Morgan fingerprint density at radius 1 is 1.00 bits per heavy atom. The largest absolute Gasteiger partial charge is 0.401 e. The highest BCUT2D eigenvalue weighted by Gasteiger charge is 2.93. The summed E-state index contributed by atoms with van der Waals surface area (Å²) < 4.78 is 99.7. The standard InChI is InChI=1S/C8H8F8/c1-3-5(6(3,9)10,8(14,15)16)4(2)7(11,12)13/h3-4H,1-2H3. The second-order valence-electron chi connectivity index (χ2n) is 3.97. The molecule has 16 heavy (non-hydrogen) atoms. The van der Waals surface area contributed by atoms with E-state index in [1.54, 1.807) is 0 Å². The molecule has 0 saturated heterocycles. The van der Waals surface area contributed by atoms with Gasteiger partial charge in [-0.25, -0.2) is 8.78 Å². The molecule has 3 atom stereocenters. The number of halogens is 8. The van der Waals surface area contributed by atoms with Gasteiger partial charge in [0.05, 0.1) is 5.92 Å². The van der Waals surface area contributed by atoms with Gasteiger partial charge in [-0.05, 0) is 0 Å². The molecule has 3 unspecified atom stereocenters. The summed E-state index contributed by atoms with van der Waals surface area (Å²) >= 11 is 0. The summed E-state index contributed by atoms with van der Waals surface area (Å²) in [5, 5.41) is 0. The zero-order valence-electron chi connectivity index (χ0n) is 8.18. The van der Waals surface area contributed by atoms with Crippen LogP contribution in [0.4, 0.5) is 35.1 Å². The van der Waals surface area contributed by atoms with E-state index in [0.717, 1.165) is 0 Å². The molecule has 0 aromatic heterocycles. The Hall–Kier alpha value is -0.560. The highest BCUT2D eigenvalue weighted by molar-refractivity contribution is 5.22. The Morgan fingerprint density at radius 3 is 1.38 bits per heavy atom. The molecule has 0 heterocycles. The summed E-state index contributed by atoms with van der Waals surface area (Å²) in [6, 6.07) is 0. The maximum absolute atomic E-state index is 12.9. The molecule has 0 nitrogen and oxygen atoms in total. The van der Waals surface area contributed by atoms with Gasteiger partial charge in [-0.15, -0.1) is 0 Å². The van der Waals surface area contributed by atoms with Crippen LogP contribution in [-0.2, 0) is 0 Å². The third-order valence-electron chi connectivity index (χ3n) is 3.34. The smallest absolute Gasteiger partial charge is 0.205 e. The molecular weight excluding hydrogens is 248 g/mol. The van der Waals surface area contributed by atoms with E-state index in [9.17, 15) is 35.1 Å². The fourth-order valence-corrected chi connectivity index (χ4v) is 2.20. The number of rotatable bonds is 1. The minimum absolute atomic E-state index is 0.144. The molecule has 1 aliphatic rings. The lowest BCUT2D eigenvalue weighted by molar-refractivity contribution is -0.282. The molecule has 8 heteroatoms. The summed E-state index contributed by atoms with van der Waals surface area (Å²) in [4.78, 5) is 0. The summed E-state index contributed by atoms with van der Waals surface area (Å²) in [5.74, 6) is -9.83. The van der Waals surface area contributed by atoms with Gasteiger partial charge in [0.2, 0.25) is 0 Å². The van der Waals surface area contributed by atoms with E-state index in [2.05, 4.69) is 0 Å². The Labute approximate surface area is 85.6 Å². The van der Waals surface area contributed by atoms with Crippen molar-refractivity contribution in [3.05, 3.63) is 0 Å². The average Bonchev–Trinajstić information content (AvgIpc) is 2.43. The lowest BCUT2D eigenvalue weighted by atomic mass is 9.86. The van der Waals surface area contributed by atoms with Gasteiger partial charge in [-0.3, -0.25) is 0 Å². The van der Waals surface area contributed by atoms with Crippen LogP contribution >= 0.6 is 0 Å². The first-order chi connectivity index (χ1) is 6.81. The molecule has 1 saturated carbocycles. The normalized spacial score (nSPS) is 36.0. The van der Waals surface area contributed by atoms with E-state index in [4.69, 9.17) is 0 Å². The summed E-state index contributed by atoms with van der Waals surface area (Å²) in [6.07, 6.45) is -10.9. The van der Waals surface area contributed by atoms with Crippen LogP contribution in [0.25, 0.3) is 0 Å². The zero-order chi connectivity index (χ0) is 13.2. The van der Waals surface area contributed by atoms with Gasteiger partial charge in [0, 0.05) is 5.92 Å². The Kier molecular flexibility index (Phi) is 2.54. The van der Waals surface area contributed by atoms with Crippen molar-refractivity contribution in [2.24, 2.45) is 17.3 Å². The van der Waals surface area contributed by atoms with Crippen molar-refractivity contribution < 1.29 is 35.1 Å². The van der Waals surface area contributed by atoms with Gasteiger partial charge < -0.3 is 0 Å². The third-order valence-corrected chi connectivity index (χ3v) is 3.34. The summed E-state index contributed by atoms with van der Waals surface area (Å²) in [5.41, 5.74) is -3.97. The average molecular weight is 256 g/mol. The number of hydrogen-bond donors (Lipinski definition) is 0. The lowest BCUT2D eigenvalue weighted by Crippen LogP contribution is -2.43. The first-order valence-corrected chi connectivity index (χ1v) is 4.32. The van der Waals surface area contributed by atoms with Gasteiger partial charge in [-0.2, -0.15) is 26.3 Å². The second-order valence-corrected chi connectivity index (χ2v) is 3.97. The number of alkyl halides is 8. The molecular formula is C8H8F8. The predicted molar refractivity (Wildman–Crippen MR) is 37.8 cm³/mol. The molecule has 0 N–H and O–H groups in total. The van der Waals surface area contributed by atoms with Crippen LogP contribution in [0.2, 0.25) is 0 Å². The van der Waals surface area contributed by atoms with E-state index in [1.807, 2.05) is 0 Å². The van der Waals surface area contributed by atoms with Crippen LogP contribution in [0, 0.1) is 17.3 Å². The second kappa shape index (κ2) is 3.01. The quantitative estimate of drug-likeness (QED) is 0.621. The molecule has 0 amide bonds. The van der Waals surface area contributed by atoms with Gasteiger partial charge in [0.25, 0.3) is 5.92 Å². The van der Waals surface area contributed by atoms with E-state index in [1.165, 1.54) is 0 Å². The highest BCUT2D eigenvalue weighted by atomic mass is 19.4. The fraction of sp³-hybridized carbons (Fsp3) is 1.00. The fourth-order valence-electron chi connectivity index (χ4n) is 2.20. The van der Waals surface area contributed by atoms with Crippen LogP contribution < -0.4 is 0 Å². The summed E-state index contributed by atoms with van der Waals surface area (Å²) in [7, 11) is 0. The lowest BCUT2D eigenvalue weighted by Gasteiger charge is -2.28. The Bertz CT molecular complexity index is 275. The predicted octanol–water partition coefficient (Wildman–Crippen LogP) is 4.02. The van der Waals surface area contributed by atoms with Gasteiger partial charge in [0.1, 0.15) is 5.41 Å². The van der Waals surface area contributed by atoms with Crippen molar-refractivity contribution in [2.75, 3.05) is 0 Å². The van der Waals surface area contributed by atoms with Crippen molar-refractivity contribution in [3.8, 4) is 0 Å². The monoisotopic (exact) mass is 256 g/mol. The zero-order valence-corrected chi connectivity index (χ0v) is 8.18. The van der Waals surface area contributed by atoms with Crippen molar-refractivity contribution >= 4 is 0 Å². The van der Waals surface area contributed by atoms with Crippen LogP contribution in [0.5, 0.6) is 0 Å². The first kappa shape index (κ1) is 13.5. The van der Waals surface area contributed by atoms with Crippen molar-refractivity contribution in [1.29, 1.82) is 0 Å². The Balaban J connectivity index is 3.23. The molecule has 0 radical (unpaired) electrons. The van der Waals surface area contributed by atoms with Crippen LogP contribution in [0.3, 0.4) is 0 Å². The Morgan fingerprint density at radius 2 is 1.31 bits per heavy atom. The maximum Gasteiger partial charge on any atom is 0.401 e. The minimum Gasteiger partial charge on any atom is -0.205 e. The number of hydrogen-bond acceptors (Lipinski definition) is 0. The first-order valence-electron chi connectivity index (χ1n) is 4.32. The molecule has 0 spiro atoms. The molecule has 0 aliphatic heterocycles. The molecule has 96 valence electrons. The van der Waals surface area contributed by atoms with E-state index >= 15 is 0 Å². The summed E-state index contributed by atoms with van der Waals surface area (Å²) in [6.45, 7) is 0.626. The van der Waals surface area contributed by atoms with Crippen molar-refractivity contribution in [3.63, 3.8) is 0 Å². The van der Waals surface area contributed by atoms with E-state index in [0.29, 0.717) is 6.92 Å². The molecule has 1 fully saturated rings. The molecule has 0 aromatic carbocycles.